The summed E-state index contributed by atoms with van der Waals surface area (Å²) in [7, 11) is 0. The number of nitrogen functional groups attached to an aromatic ring is 1. The molecule has 0 fully saturated rings. The molecule has 1 aliphatic rings. The molecule has 0 bridgehead atoms. The summed E-state index contributed by atoms with van der Waals surface area (Å²) in [5.74, 6) is -0.214. The van der Waals surface area contributed by atoms with Gasteiger partial charge in [0.1, 0.15) is 23.7 Å². The van der Waals surface area contributed by atoms with Gasteiger partial charge in [-0.15, -0.1) is 0 Å². The normalized spacial score (nSPS) is 23.5. The molecule has 2 aromatic rings. The molecule has 2 heterocycles. The third-order valence-electron chi connectivity index (χ3n) is 3.50. The van der Waals surface area contributed by atoms with Crippen molar-refractivity contribution in [3.8, 4) is 0 Å². The summed E-state index contributed by atoms with van der Waals surface area (Å²) in [5, 5.41) is 29.0. The van der Waals surface area contributed by atoms with E-state index in [2.05, 4.69) is 9.97 Å². The van der Waals surface area contributed by atoms with Crippen LogP contribution in [0.15, 0.2) is 24.3 Å². The summed E-state index contributed by atoms with van der Waals surface area (Å²) < 4.78 is 1.67. The van der Waals surface area contributed by atoms with Gasteiger partial charge < -0.3 is 21.1 Å². The van der Waals surface area contributed by atoms with Crippen LogP contribution in [0.2, 0.25) is 0 Å². The fraction of sp³-hybridized carbons (Fsp3) is 0.333. The molecule has 0 aliphatic heterocycles. The monoisotopic (exact) mass is 262 g/mol. The Kier molecular flexibility index (Phi) is 2.65. The van der Waals surface area contributed by atoms with Crippen molar-refractivity contribution in [2.75, 3.05) is 12.3 Å². The Labute approximate surface area is 108 Å². The Morgan fingerprint density at radius 1 is 1.42 bits per heavy atom. The lowest BCUT2D eigenvalue weighted by atomic mass is 10.1. The molecular formula is C12H14N4O3. The molecule has 7 nitrogen and oxygen atoms in total. The largest absolute Gasteiger partial charge is 0.508 e. The van der Waals surface area contributed by atoms with E-state index < -0.39 is 12.0 Å². The number of aliphatic hydroxyl groups excluding tert-OH is 3. The highest BCUT2D eigenvalue weighted by Gasteiger charge is 2.34. The zero-order valence-electron chi connectivity index (χ0n) is 10.1. The summed E-state index contributed by atoms with van der Waals surface area (Å²) in [6, 6.07) is 1.73. The van der Waals surface area contributed by atoms with Gasteiger partial charge in [0, 0.05) is 18.7 Å². The molecule has 0 aromatic carbocycles. The van der Waals surface area contributed by atoms with Crippen LogP contribution in [0.1, 0.15) is 6.42 Å². The Morgan fingerprint density at radius 2 is 2.21 bits per heavy atom. The third-order valence-corrected chi connectivity index (χ3v) is 3.50. The number of nitrogens with two attached hydrogens (primary N) is 1. The van der Waals surface area contributed by atoms with Crippen molar-refractivity contribution < 1.29 is 15.3 Å². The summed E-state index contributed by atoms with van der Waals surface area (Å²) in [5.41, 5.74) is 7.51. The van der Waals surface area contributed by atoms with E-state index in [9.17, 15) is 15.3 Å². The minimum absolute atomic E-state index is 0.131. The van der Waals surface area contributed by atoms with Crippen LogP contribution in [0, 0.1) is 5.92 Å². The number of aromatic nitrogens is 3. The number of hydrogen-bond donors (Lipinski definition) is 4. The second-order valence-electron chi connectivity index (χ2n) is 4.60. The van der Waals surface area contributed by atoms with Crippen molar-refractivity contribution in [2.24, 2.45) is 5.92 Å². The number of pyridine rings is 1. The molecule has 0 radical (unpaired) electrons. The molecule has 0 spiro atoms. The van der Waals surface area contributed by atoms with E-state index in [0.29, 0.717) is 29.0 Å². The van der Waals surface area contributed by atoms with Crippen LogP contribution in [-0.4, -0.2) is 42.6 Å². The van der Waals surface area contributed by atoms with Crippen molar-refractivity contribution in [1.82, 2.24) is 14.5 Å². The highest BCUT2D eigenvalue weighted by Crippen LogP contribution is 2.35. The summed E-state index contributed by atoms with van der Waals surface area (Å²) in [4.78, 5) is 8.11. The molecule has 0 saturated carbocycles. The van der Waals surface area contributed by atoms with Gasteiger partial charge in [0.25, 0.3) is 0 Å². The molecule has 2 atom stereocenters. The first-order valence-electron chi connectivity index (χ1n) is 5.92. The number of hydrogen-bond acceptors (Lipinski definition) is 6. The van der Waals surface area contributed by atoms with E-state index in [1.807, 2.05) is 0 Å². The molecule has 2 aromatic heterocycles. The van der Waals surface area contributed by atoms with Crippen molar-refractivity contribution in [2.45, 2.75) is 12.5 Å². The second-order valence-corrected chi connectivity index (χ2v) is 4.60. The van der Waals surface area contributed by atoms with Crippen LogP contribution < -0.4 is 5.73 Å². The Morgan fingerprint density at radius 3 is 2.89 bits per heavy atom. The molecule has 0 amide bonds. The number of rotatable bonds is 2. The number of fused-ring (bicyclic) bond motifs is 1. The first kappa shape index (κ1) is 11.9. The van der Waals surface area contributed by atoms with Gasteiger partial charge in [-0.05, 0) is 12.5 Å². The summed E-state index contributed by atoms with van der Waals surface area (Å²) in [6.07, 6.45) is 2.41. The Bertz CT molecular complexity index is 664. The van der Waals surface area contributed by atoms with Gasteiger partial charge in [-0.2, -0.15) is 0 Å². The third kappa shape index (κ3) is 1.66. The molecule has 3 rings (SSSR count). The van der Waals surface area contributed by atoms with E-state index in [1.54, 1.807) is 16.8 Å². The maximum atomic E-state index is 9.98. The van der Waals surface area contributed by atoms with Crippen molar-refractivity contribution in [1.29, 1.82) is 0 Å². The molecule has 19 heavy (non-hydrogen) atoms. The molecule has 1 unspecified atom stereocenters. The highest BCUT2D eigenvalue weighted by atomic mass is 16.3. The van der Waals surface area contributed by atoms with Crippen molar-refractivity contribution in [3.63, 3.8) is 0 Å². The van der Waals surface area contributed by atoms with E-state index >= 15 is 0 Å². The number of anilines is 1. The van der Waals surface area contributed by atoms with Gasteiger partial charge in [-0.25, -0.2) is 9.97 Å². The Balaban J connectivity index is 2.13. The first-order valence-corrected chi connectivity index (χ1v) is 5.92. The van der Waals surface area contributed by atoms with E-state index in [0.717, 1.165) is 0 Å². The van der Waals surface area contributed by atoms with E-state index in [1.165, 1.54) is 6.33 Å². The summed E-state index contributed by atoms with van der Waals surface area (Å²) in [6.45, 7) is -0.189. The van der Waals surface area contributed by atoms with Crippen LogP contribution in [-0.2, 0) is 0 Å². The first-order chi connectivity index (χ1) is 9.13. The molecular weight excluding hydrogens is 248 g/mol. The predicted molar refractivity (Wildman–Crippen MR) is 69.0 cm³/mol. The highest BCUT2D eigenvalue weighted by molar-refractivity contribution is 5.87. The topological polar surface area (TPSA) is 117 Å². The lowest BCUT2D eigenvalue weighted by molar-refractivity contribution is 0.0781. The molecule has 7 heteroatoms. The van der Waals surface area contributed by atoms with Crippen LogP contribution in [0.5, 0.6) is 0 Å². The average molecular weight is 262 g/mol. The van der Waals surface area contributed by atoms with Gasteiger partial charge in [-0.1, -0.05) is 0 Å². The van der Waals surface area contributed by atoms with Gasteiger partial charge >= 0.3 is 0 Å². The number of imidazole rings is 1. The second kappa shape index (κ2) is 4.22. The van der Waals surface area contributed by atoms with Gasteiger partial charge in [-0.3, -0.25) is 4.57 Å². The van der Waals surface area contributed by atoms with Gasteiger partial charge in [0.05, 0.1) is 11.2 Å². The number of allylic oxidation sites excluding steroid dienone is 1. The molecule has 1 aliphatic carbocycles. The van der Waals surface area contributed by atoms with Crippen LogP contribution in [0.25, 0.3) is 16.7 Å². The molecule has 5 N–H and O–H groups in total. The number of aliphatic hydroxyl groups is 3. The van der Waals surface area contributed by atoms with Gasteiger partial charge in [0.2, 0.25) is 0 Å². The standard InChI is InChI=1S/C12H14N4O3/c13-12-9-7(1-2-14-12)16(5-15-9)8-3-6(4-17)10(18)11(8)19/h1-2,5-6,10,17-19H,3-4H2,(H2,13,14)/t6-,10?/m1/s1. The van der Waals surface area contributed by atoms with Crippen LogP contribution >= 0.6 is 0 Å². The number of nitrogens with zero attached hydrogens (tertiary/aromatic N) is 3. The van der Waals surface area contributed by atoms with Crippen molar-refractivity contribution in [3.05, 3.63) is 24.3 Å². The van der Waals surface area contributed by atoms with Crippen molar-refractivity contribution >= 4 is 22.5 Å². The average Bonchev–Trinajstić information content (AvgIpc) is 2.94. The maximum absolute atomic E-state index is 9.98. The lowest BCUT2D eigenvalue weighted by Crippen LogP contribution is -2.20. The summed E-state index contributed by atoms with van der Waals surface area (Å²) >= 11 is 0. The quantitative estimate of drug-likeness (QED) is 0.610. The smallest absolute Gasteiger partial charge is 0.151 e. The molecule has 100 valence electrons. The van der Waals surface area contributed by atoms with Crippen LogP contribution in [0.3, 0.4) is 0 Å². The maximum Gasteiger partial charge on any atom is 0.151 e. The lowest BCUT2D eigenvalue weighted by Gasteiger charge is -2.10. The van der Waals surface area contributed by atoms with Crippen LogP contribution in [0.4, 0.5) is 5.82 Å². The Hall–Kier alpha value is -2.12. The predicted octanol–water partition coefficient (Wildman–Crippen LogP) is 0.113. The van der Waals surface area contributed by atoms with Gasteiger partial charge in [0.15, 0.2) is 5.82 Å². The molecule has 0 saturated heterocycles. The van der Waals surface area contributed by atoms with E-state index in [4.69, 9.17) is 5.73 Å². The van der Waals surface area contributed by atoms with E-state index in [-0.39, 0.29) is 12.4 Å². The SMILES string of the molecule is Nc1nccc2c1ncn2C1=C(O)C(O)[C@@H](CO)C1. The minimum Gasteiger partial charge on any atom is -0.508 e. The zero-order chi connectivity index (χ0) is 13.6. The zero-order valence-corrected chi connectivity index (χ0v) is 10.1. The fourth-order valence-corrected chi connectivity index (χ4v) is 2.42. The fourth-order valence-electron chi connectivity index (χ4n) is 2.42. The minimum atomic E-state index is -1.04.